The molecular formula is C16H11F3O. The van der Waals surface area contributed by atoms with Gasteiger partial charge in [0.2, 0.25) is 0 Å². The molecule has 0 unspecified atom stereocenters. The molecule has 0 amide bonds. The number of ether oxygens (including phenoxy) is 1. The lowest BCUT2D eigenvalue weighted by Crippen LogP contribution is -2.07. The van der Waals surface area contributed by atoms with Crippen LogP contribution in [0, 0.1) is 0 Å². The van der Waals surface area contributed by atoms with Gasteiger partial charge in [0.1, 0.15) is 11.5 Å². The zero-order valence-corrected chi connectivity index (χ0v) is 10.4. The molecule has 102 valence electrons. The lowest BCUT2D eigenvalue weighted by atomic mass is 10.0. The highest BCUT2D eigenvalue weighted by atomic mass is 19.4. The maximum atomic E-state index is 12.7. The second-order valence-electron chi connectivity index (χ2n) is 4.57. The van der Waals surface area contributed by atoms with Gasteiger partial charge in [0.15, 0.2) is 0 Å². The van der Waals surface area contributed by atoms with Gasteiger partial charge in [0.05, 0.1) is 5.56 Å². The van der Waals surface area contributed by atoms with E-state index < -0.39 is 11.7 Å². The molecule has 0 saturated heterocycles. The largest absolute Gasteiger partial charge is 0.456 e. The van der Waals surface area contributed by atoms with Gasteiger partial charge >= 0.3 is 6.18 Å². The quantitative estimate of drug-likeness (QED) is 0.712. The molecule has 1 heterocycles. The fourth-order valence-electron chi connectivity index (χ4n) is 2.14. The highest BCUT2D eigenvalue weighted by molar-refractivity contribution is 5.66. The minimum Gasteiger partial charge on any atom is -0.456 e. The molecule has 0 radical (unpaired) electrons. The van der Waals surface area contributed by atoms with Crippen molar-refractivity contribution in [1.29, 1.82) is 0 Å². The molecule has 0 fully saturated rings. The molecule has 0 aromatic heterocycles. The lowest BCUT2D eigenvalue weighted by molar-refractivity contribution is -0.137. The Balaban J connectivity index is 1.95. The Labute approximate surface area is 114 Å². The van der Waals surface area contributed by atoms with E-state index >= 15 is 0 Å². The van der Waals surface area contributed by atoms with Gasteiger partial charge in [-0.25, -0.2) is 0 Å². The van der Waals surface area contributed by atoms with Crippen molar-refractivity contribution in [1.82, 2.24) is 0 Å². The number of rotatable bonds is 1. The monoisotopic (exact) mass is 276 g/mol. The summed E-state index contributed by atoms with van der Waals surface area (Å²) in [5, 5.41) is 0. The SMILES string of the molecule is FC(F)(F)c1cccc(C2=CC=C3CC=CC=C3O2)c1. The predicted molar refractivity (Wildman–Crippen MR) is 70.4 cm³/mol. The number of allylic oxidation sites excluding steroid dienone is 6. The van der Waals surface area contributed by atoms with Crippen LogP contribution >= 0.6 is 0 Å². The van der Waals surface area contributed by atoms with Gasteiger partial charge in [0.25, 0.3) is 0 Å². The second kappa shape index (κ2) is 4.71. The molecule has 1 aromatic rings. The van der Waals surface area contributed by atoms with Crippen molar-refractivity contribution < 1.29 is 17.9 Å². The third-order valence-corrected chi connectivity index (χ3v) is 3.17. The lowest BCUT2D eigenvalue weighted by Gasteiger charge is -2.21. The van der Waals surface area contributed by atoms with Crippen LogP contribution in [0.15, 0.2) is 66.0 Å². The van der Waals surface area contributed by atoms with Gasteiger partial charge < -0.3 is 4.74 Å². The van der Waals surface area contributed by atoms with E-state index in [0.717, 1.165) is 24.1 Å². The molecule has 1 aliphatic carbocycles. The van der Waals surface area contributed by atoms with E-state index in [9.17, 15) is 13.2 Å². The molecule has 0 atom stereocenters. The van der Waals surface area contributed by atoms with E-state index in [1.165, 1.54) is 6.07 Å². The number of alkyl halides is 3. The smallest absolute Gasteiger partial charge is 0.416 e. The summed E-state index contributed by atoms with van der Waals surface area (Å²) in [4.78, 5) is 0. The van der Waals surface area contributed by atoms with Crippen molar-refractivity contribution in [3.63, 3.8) is 0 Å². The Hall–Kier alpha value is -2.23. The molecule has 1 aromatic carbocycles. The van der Waals surface area contributed by atoms with Gasteiger partial charge in [-0.05, 0) is 36.3 Å². The molecule has 4 heteroatoms. The summed E-state index contributed by atoms with van der Waals surface area (Å²) in [7, 11) is 0. The maximum absolute atomic E-state index is 12.7. The fraction of sp³-hybridized carbons (Fsp3) is 0.125. The summed E-state index contributed by atoms with van der Waals surface area (Å²) in [6.45, 7) is 0. The van der Waals surface area contributed by atoms with Crippen LogP contribution in [0.4, 0.5) is 13.2 Å². The van der Waals surface area contributed by atoms with Crippen molar-refractivity contribution in [2.45, 2.75) is 12.6 Å². The van der Waals surface area contributed by atoms with Crippen molar-refractivity contribution in [2.75, 3.05) is 0 Å². The Kier molecular flexibility index (Phi) is 3.01. The van der Waals surface area contributed by atoms with E-state index in [1.54, 1.807) is 12.1 Å². The topological polar surface area (TPSA) is 9.23 Å². The fourth-order valence-corrected chi connectivity index (χ4v) is 2.14. The number of hydrogen-bond acceptors (Lipinski definition) is 1. The number of fused-ring (bicyclic) bond motifs is 1. The van der Waals surface area contributed by atoms with Crippen molar-refractivity contribution in [3.05, 3.63) is 77.1 Å². The number of benzene rings is 1. The van der Waals surface area contributed by atoms with Crippen molar-refractivity contribution in [2.24, 2.45) is 0 Å². The van der Waals surface area contributed by atoms with Crippen LogP contribution < -0.4 is 0 Å². The Morgan fingerprint density at radius 1 is 1.00 bits per heavy atom. The van der Waals surface area contributed by atoms with Gasteiger partial charge in [-0.1, -0.05) is 30.4 Å². The van der Waals surface area contributed by atoms with E-state index in [2.05, 4.69) is 0 Å². The molecule has 0 bridgehead atoms. The first-order valence-electron chi connectivity index (χ1n) is 6.17. The van der Waals surface area contributed by atoms with E-state index in [1.807, 2.05) is 24.3 Å². The molecular weight excluding hydrogens is 265 g/mol. The molecule has 3 rings (SSSR count). The van der Waals surface area contributed by atoms with Crippen LogP contribution in [0.2, 0.25) is 0 Å². The minimum absolute atomic E-state index is 0.422. The van der Waals surface area contributed by atoms with Crippen LogP contribution in [0.3, 0.4) is 0 Å². The zero-order valence-electron chi connectivity index (χ0n) is 10.4. The van der Waals surface area contributed by atoms with E-state index in [4.69, 9.17) is 4.74 Å². The molecule has 1 aliphatic heterocycles. The van der Waals surface area contributed by atoms with Gasteiger partial charge in [-0.3, -0.25) is 0 Å². The van der Waals surface area contributed by atoms with E-state index in [0.29, 0.717) is 17.1 Å². The third kappa shape index (κ3) is 2.41. The third-order valence-electron chi connectivity index (χ3n) is 3.17. The van der Waals surface area contributed by atoms with Gasteiger partial charge in [0, 0.05) is 5.56 Å². The molecule has 0 spiro atoms. The summed E-state index contributed by atoms with van der Waals surface area (Å²) in [5.41, 5.74) is 0.778. The van der Waals surface area contributed by atoms with Crippen LogP contribution in [0.25, 0.3) is 5.76 Å². The van der Waals surface area contributed by atoms with E-state index in [-0.39, 0.29) is 0 Å². The molecule has 0 N–H and O–H groups in total. The minimum atomic E-state index is -4.35. The Morgan fingerprint density at radius 3 is 2.65 bits per heavy atom. The number of halogens is 3. The summed E-state index contributed by atoms with van der Waals surface area (Å²) < 4.78 is 43.8. The molecule has 0 saturated carbocycles. The van der Waals surface area contributed by atoms with Gasteiger partial charge in [-0.15, -0.1) is 0 Å². The summed E-state index contributed by atoms with van der Waals surface area (Å²) in [6.07, 6.45) is 5.71. The molecule has 20 heavy (non-hydrogen) atoms. The first kappa shape index (κ1) is 12.8. The highest BCUT2D eigenvalue weighted by Gasteiger charge is 2.31. The van der Waals surface area contributed by atoms with Crippen LogP contribution in [-0.4, -0.2) is 0 Å². The maximum Gasteiger partial charge on any atom is 0.416 e. The Bertz CT molecular complexity index is 661. The first-order valence-corrected chi connectivity index (χ1v) is 6.17. The zero-order chi connectivity index (χ0) is 14.2. The summed E-state index contributed by atoms with van der Waals surface area (Å²) in [6, 6.07) is 5.15. The molecule has 1 nitrogen and oxygen atoms in total. The summed E-state index contributed by atoms with van der Waals surface area (Å²) >= 11 is 0. The summed E-state index contributed by atoms with van der Waals surface area (Å²) in [5.74, 6) is 1.13. The second-order valence-corrected chi connectivity index (χ2v) is 4.57. The van der Waals surface area contributed by atoms with Crippen LogP contribution in [0.1, 0.15) is 17.5 Å². The predicted octanol–water partition coefficient (Wildman–Crippen LogP) is 4.85. The average molecular weight is 276 g/mol. The van der Waals surface area contributed by atoms with Gasteiger partial charge in [-0.2, -0.15) is 13.2 Å². The van der Waals surface area contributed by atoms with Crippen LogP contribution in [-0.2, 0) is 10.9 Å². The Morgan fingerprint density at radius 2 is 1.85 bits per heavy atom. The first-order chi connectivity index (χ1) is 9.54. The van der Waals surface area contributed by atoms with Crippen molar-refractivity contribution >= 4 is 5.76 Å². The van der Waals surface area contributed by atoms with Crippen LogP contribution in [0.5, 0.6) is 0 Å². The van der Waals surface area contributed by atoms with Crippen molar-refractivity contribution in [3.8, 4) is 0 Å². The standard InChI is InChI=1S/C16H11F3O/c17-16(18,19)13-6-3-5-12(10-13)15-9-8-11-4-1-2-7-14(11)20-15/h1-3,5-10H,4H2. The normalized spacial score (nSPS) is 17.6. The average Bonchev–Trinajstić information content (AvgIpc) is 2.46. The number of hydrogen-bond donors (Lipinski definition) is 0. The molecule has 2 aliphatic rings. The highest BCUT2D eigenvalue weighted by Crippen LogP contribution is 2.34.